The van der Waals surface area contributed by atoms with E-state index in [1.54, 1.807) is 12.1 Å². The number of aryl methyl sites for hydroxylation is 1. The van der Waals surface area contributed by atoms with Crippen molar-refractivity contribution in [1.29, 1.82) is 5.26 Å². The molecule has 0 spiro atoms. The first-order valence-corrected chi connectivity index (χ1v) is 12.0. The number of carbonyl (C=O) groups is 1. The van der Waals surface area contributed by atoms with Crippen molar-refractivity contribution >= 4 is 27.9 Å². The van der Waals surface area contributed by atoms with Crippen molar-refractivity contribution in [3.8, 4) is 17.6 Å². The van der Waals surface area contributed by atoms with Crippen LogP contribution in [0, 0.1) is 18.3 Å². The van der Waals surface area contributed by atoms with Gasteiger partial charge in [0.1, 0.15) is 36.4 Å². The highest BCUT2D eigenvalue weighted by Crippen LogP contribution is 2.25. The molecule has 7 heteroatoms. The molecule has 0 aliphatic rings. The van der Waals surface area contributed by atoms with Crippen molar-refractivity contribution < 1.29 is 19.0 Å². The number of hydrogen-bond acceptors (Lipinski definition) is 5. The lowest BCUT2D eigenvalue weighted by Gasteiger charge is -2.11. The maximum Gasteiger partial charge on any atom is 0.262 e. The van der Waals surface area contributed by atoms with Crippen LogP contribution in [0.15, 0.2) is 82.8 Å². The number of halogens is 1. The molecule has 3 aromatic carbocycles. The van der Waals surface area contributed by atoms with Crippen molar-refractivity contribution in [1.82, 2.24) is 5.32 Å². The Morgan fingerprint density at radius 2 is 1.74 bits per heavy atom. The zero-order valence-corrected chi connectivity index (χ0v) is 21.1. The van der Waals surface area contributed by atoms with E-state index in [4.69, 9.17) is 14.2 Å². The third-order valence-corrected chi connectivity index (χ3v) is 5.40. The van der Waals surface area contributed by atoms with Crippen molar-refractivity contribution in [2.24, 2.45) is 0 Å². The molecule has 0 fully saturated rings. The van der Waals surface area contributed by atoms with Crippen LogP contribution in [0.1, 0.15) is 16.7 Å². The van der Waals surface area contributed by atoms with Crippen LogP contribution in [0.2, 0.25) is 0 Å². The van der Waals surface area contributed by atoms with Crippen LogP contribution in [0.5, 0.6) is 11.5 Å². The molecule has 0 radical (unpaired) electrons. The first kappa shape index (κ1) is 26.0. The first-order valence-electron chi connectivity index (χ1n) is 11.2. The molecule has 0 heterocycles. The van der Waals surface area contributed by atoms with Crippen LogP contribution in [0.4, 0.5) is 0 Å². The van der Waals surface area contributed by atoms with E-state index in [1.165, 1.54) is 6.08 Å². The van der Waals surface area contributed by atoms with Gasteiger partial charge >= 0.3 is 0 Å². The van der Waals surface area contributed by atoms with Gasteiger partial charge in [0.25, 0.3) is 5.91 Å². The topological polar surface area (TPSA) is 80.6 Å². The third kappa shape index (κ3) is 8.93. The van der Waals surface area contributed by atoms with E-state index in [9.17, 15) is 10.1 Å². The number of amides is 1. The second-order valence-corrected chi connectivity index (χ2v) is 8.56. The Bertz CT molecular complexity index is 1190. The van der Waals surface area contributed by atoms with Gasteiger partial charge in [-0.1, -0.05) is 58.4 Å². The van der Waals surface area contributed by atoms with E-state index in [-0.39, 0.29) is 5.57 Å². The summed E-state index contributed by atoms with van der Waals surface area (Å²) in [4.78, 5) is 12.5. The number of hydrogen-bond donors (Lipinski definition) is 1. The zero-order valence-electron chi connectivity index (χ0n) is 19.5. The Labute approximate surface area is 214 Å². The van der Waals surface area contributed by atoms with Crippen molar-refractivity contribution in [3.05, 3.63) is 99.5 Å². The highest BCUT2D eigenvalue weighted by molar-refractivity contribution is 9.10. The number of nitrogens with one attached hydrogen (secondary N) is 1. The molecule has 6 nitrogen and oxygen atoms in total. The maximum absolute atomic E-state index is 12.5. The fourth-order valence-electron chi connectivity index (χ4n) is 3.18. The summed E-state index contributed by atoms with van der Waals surface area (Å²) in [5, 5.41) is 12.3. The van der Waals surface area contributed by atoms with E-state index in [1.807, 2.05) is 73.7 Å². The number of benzene rings is 3. The summed E-state index contributed by atoms with van der Waals surface area (Å²) in [5.74, 6) is 0.924. The van der Waals surface area contributed by atoms with Crippen LogP contribution in [0.3, 0.4) is 0 Å². The summed E-state index contributed by atoms with van der Waals surface area (Å²) >= 11 is 3.43. The van der Waals surface area contributed by atoms with Gasteiger partial charge in [0, 0.05) is 16.6 Å². The molecule has 0 saturated heterocycles. The van der Waals surface area contributed by atoms with Crippen LogP contribution in [-0.4, -0.2) is 32.3 Å². The highest BCUT2D eigenvalue weighted by atomic mass is 79.9. The molecule has 0 bridgehead atoms. The average molecular weight is 535 g/mol. The molecule has 1 amide bonds. The number of rotatable bonds is 12. The predicted molar refractivity (Wildman–Crippen MR) is 139 cm³/mol. The number of nitriles is 1. The van der Waals surface area contributed by atoms with Gasteiger partial charge < -0.3 is 19.5 Å². The summed E-state index contributed by atoms with van der Waals surface area (Å²) in [6.07, 6.45) is 1.52. The first-order chi connectivity index (χ1) is 17.0. The normalized spacial score (nSPS) is 10.9. The third-order valence-electron chi connectivity index (χ3n) is 4.90. The Balaban J connectivity index is 1.50. The second-order valence-electron chi connectivity index (χ2n) is 7.65. The smallest absolute Gasteiger partial charge is 0.262 e. The summed E-state index contributed by atoms with van der Waals surface area (Å²) in [5.41, 5.74) is 2.71. The fourth-order valence-corrected chi connectivity index (χ4v) is 3.56. The lowest BCUT2D eigenvalue weighted by Crippen LogP contribution is -2.23. The molecule has 1 N–H and O–H groups in total. The Hall–Kier alpha value is -3.60. The fraction of sp³-hybridized carbons (Fsp3) is 0.214. The lowest BCUT2D eigenvalue weighted by atomic mass is 10.1. The Kier molecular flexibility index (Phi) is 10.4. The van der Waals surface area contributed by atoms with E-state index in [0.29, 0.717) is 44.3 Å². The highest BCUT2D eigenvalue weighted by Gasteiger charge is 2.11. The van der Waals surface area contributed by atoms with E-state index in [0.717, 1.165) is 21.3 Å². The molecule has 0 saturated carbocycles. The summed E-state index contributed by atoms with van der Waals surface area (Å²) in [6.45, 7) is 3.92. The van der Waals surface area contributed by atoms with Crippen LogP contribution in [-0.2, 0) is 16.1 Å². The molecule has 0 aliphatic carbocycles. The monoisotopic (exact) mass is 534 g/mol. The molecular formula is C28H27BrN2O4. The van der Waals surface area contributed by atoms with Crippen LogP contribution >= 0.6 is 15.9 Å². The van der Waals surface area contributed by atoms with Gasteiger partial charge in [-0.3, -0.25) is 4.79 Å². The van der Waals surface area contributed by atoms with Gasteiger partial charge in [-0.15, -0.1) is 0 Å². The van der Waals surface area contributed by atoms with Crippen LogP contribution < -0.4 is 14.8 Å². The van der Waals surface area contributed by atoms with Crippen molar-refractivity contribution in [3.63, 3.8) is 0 Å². The van der Waals surface area contributed by atoms with Gasteiger partial charge in [0.2, 0.25) is 0 Å². The van der Waals surface area contributed by atoms with Crippen molar-refractivity contribution in [2.45, 2.75) is 13.5 Å². The number of ether oxygens (including phenoxy) is 3. The van der Waals surface area contributed by atoms with Gasteiger partial charge in [0.05, 0.1) is 13.2 Å². The quantitative estimate of drug-likeness (QED) is 0.189. The van der Waals surface area contributed by atoms with Gasteiger partial charge in [-0.2, -0.15) is 5.26 Å². The van der Waals surface area contributed by atoms with E-state index >= 15 is 0 Å². The lowest BCUT2D eigenvalue weighted by molar-refractivity contribution is -0.117. The van der Waals surface area contributed by atoms with Gasteiger partial charge in [0.15, 0.2) is 0 Å². The van der Waals surface area contributed by atoms with E-state index < -0.39 is 5.91 Å². The molecule has 0 atom stereocenters. The molecule has 180 valence electrons. The summed E-state index contributed by atoms with van der Waals surface area (Å²) in [6, 6.07) is 24.8. The Morgan fingerprint density at radius 3 is 2.49 bits per heavy atom. The summed E-state index contributed by atoms with van der Waals surface area (Å²) < 4.78 is 17.9. The number of carbonyl (C=O) groups excluding carboxylic acids is 1. The minimum atomic E-state index is -0.445. The Morgan fingerprint density at radius 1 is 0.971 bits per heavy atom. The predicted octanol–water partition coefficient (Wildman–Crippen LogP) is 5.46. The second kappa shape index (κ2) is 14.0. The molecule has 0 aliphatic heterocycles. The molecule has 3 aromatic rings. The summed E-state index contributed by atoms with van der Waals surface area (Å²) in [7, 11) is 0. The zero-order chi connectivity index (χ0) is 24.9. The molecule has 0 unspecified atom stereocenters. The number of nitrogens with zero attached hydrogens (tertiary/aromatic N) is 1. The largest absolute Gasteiger partial charge is 0.491 e. The average Bonchev–Trinajstić information content (AvgIpc) is 2.87. The van der Waals surface area contributed by atoms with Crippen molar-refractivity contribution in [2.75, 3.05) is 26.4 Å². The van der Waals surface area contributed by atoms with E-state index in [2.05, 4.69) is 21.2 Å². The minimum Gasteiger partial charge on any atom is -0.491 e. The van der Waals surface area contributed by atoms with Gasteiger partial charge in [-0.05, 0) is 54.5 Å². The molecule has 3 rings (SSSR count). The molecule has 35 heavy (non-hydrogen) atoms. The SMILES string of the molecule is Cc1cccc(OCCOCCOc2ccc(Br)cc2/C=C(\C#N)C(=O)NCc2ccccc2)c1. The molecular weight excluding hydrogens is 508 g/mol. The molecule has 0 aromatic heterocycles. The van der Waals surface area contributed by atoms with Gasteiger partial charge in [-0.25, -0.2) is 0 Å². The van der Waals surface area contributed by atoms with Crippen LogP contribution in [0.25, 0.3) is 6.08 Å². The standard InChI is InChI=1S/C28H27BrN2O4/c1-21-6-5-9-26(16-21)34-14-12-33-13-15-35-27-11-10-25(29)18-23(27)17-24(19-30)28(32)31-20-22-7-3-2-4-8-22/h2-11,16-18H,12-15,20H2,1H3,(H,31,32)/b24-17+. The maximum atomic E-state index is 12.5. The minimum absolute atomic E-state index is 0.00608.